The summed E-state index contributed by atoms with van der Waals surface area (Å²) in [6.07, 6.45) is 0. The van der Waals surface area contributed by atoms with Crippen molar-refractivity contribution >= 4 is 21.8 Å². The highest BCUT2D eigenvalue weighted by atomic mass is 32.2. The van der Waals surface area contributed by atoms with Crippen LogP contribution in [0.2, 0.25) is 0 Å². The summed E-state index contributed by atoms with van der Waals surface area (Å²) in [6.45, 7) is 0. The smallest absolute Gasteiger partial charge is 0.242 e. The molecule has 4 nitrogen and oxygen atoms in total. The van der Waals surface area contributed by atoms with E-state index in [0.29, 0.717) is 0 Å². The van der Waals surface area contributed by atoms with Crippen molar-refractivity contribution in [2.24, 2.45) is 0 Å². The first-order valence-corrected chi connectivity index (χ1v) is 8.15. The number of phenols is 1. The van der Waals surface area contributed by atoms with E-state index in [1.165, 1.54) is 30.2 Å². The molecule has 0 heterocycles. The van der Waals surface area contributed by atoms with Crippen LogP contribution in [-0.2, 0) is 10.0 Å². The van der Waals surface area contributed by atoms with Gasteiger partial charge in [0.25, 0.3) is 0 Å². The Labute approximate surface area is 123 Å². The van der Waals surface area contributed by atoms with Crippen LogP contribution in [0.1, 0.15) is 0 Å². The van der Waals surface area contributed by atoms with Crippen molar-refractivity contribution in [2.75, 3.05) is 14.1 Å². The predicted molar refractivity (Wildman–Crippen MR) is 79.5 cm³/mol. The van der Waals surface area contributed by atoms with E-state index in [1.807, 2.05) is 6.07 Å². The lowest BCUT2D eigenvalue weighted by Gasteiger charge is -2.11. The van der Waals surface area contributed by atoms with E-state index in [0.717, 1.165) is 9.79 Å². The molecule has 0 bridgehead atoms. The molecule has 0 aliphatic carbocycles. The molecule has 2 aromatic carbocycles. The van der Waals surface area contributed by atoms with E-state index in [1.54, 1.807) is 42.5 Å². The fraction of sp³-hybridized carbons (Fsp3) is 0.143. The molecule has 2 rings (SSSR count). The molecule has 20 heavy (non-hydrogen) atoms. The number of hydrogen-bond donors (Lipinski definition) is 1. The maximum atomic E-state index is 11.9. The largest absolute Gasteiger partial charge is 0.508 e. The van der Waals surface area contributed by atoms with Crippen molar-refractivity contribution in [1.82, 2.24) is 4.31 Å². The van der Waals surface area contributed by atoms with Gasteiger partial charge >= 0.3 is 0 Å². The highest BCUT2D eigenvalue weighted by molar-refractivity contribution is 7.99. The Kier molecular flexibility index (Phi) is 4.37. The second-order valence-corrected chi connectivity index (χ2v) is 7.66. The monoisotopic (exact) mass is 309 g/mol. The zero-order valence-corrected chi connectivity index (χ0v) is 12.8. The van der Waals surface area contributed by atoms with Crippen LogP contribution in [0, 0.1) is 0 Å². The van der Waals surface area contributed by atoms with Gasteiger partial charge in [0.1, 0.15) is 5.75 Å². The Hall–Kier alpha value is -1.50. The molecule has 0 fully saturated rings. The van der Waals surface area contributed by atoms with E-state index in [-0.39, 0.29) is 10.6 Å². The van der Waals surface area contributed by atoms with Gasteiger partial charge in [-0.15, -0.1) is 0 Å². The number of rotatable bonds is 4. The molecule has 106 valence electrons. The third-order valence-electron chi connectivity index (χ3n) is 2.66. The van der Waals surface area contributed by atoms with E-state index in [2.05, 4.69) is 0 Å². The number of benzene rings is 2. The fourth-order valence-corrected chi connectivity index (χ4v) is 3.35. The van der Waals surface area contributed by atoms with Crippen LogP contribution in [0.25, 0.3) is 0 Å². The molecular formula is C14H15NO3S2. The molecule has 2 aromatic rings. The number of nitrogens with zero attached hydrogens (tertiary/aromatic N) is 1. The summed E-state index contributed by atoms with van der Waals surface area (Å²) in [7, 11) is -0.380. The molecule has 0 radical (unpaired) electrons. The Morgan fingerprint density at radius 2 is 1.65 bits per heavy atom. The Balaban J connectivity index is 2.21. The highest BCUT2D eigenvalue weighted by Gasteiger charge is 2.16. The van der Waals surface area contributed by atoms with Crippen LogP contribution in [-0.4, -0.2) is 31.9 Å². The predicted octanol–water partition coefficient (Wildman–Crippen LogP) is 2.79. The average molecular weight is 309 g/mol. The summed E-state index contributed by atoms with van der Waals surface area (Å²) in [6, 6.07) is 13.6. The summed E-state index contributed by atoms with van der Waals surface area (Å²) < 4.78 is 25.0. The molecule has 1 N–H and O–H groups in total. The van der Waals surface area contributed by atoms with Crippen molar-refractivity contribution < 1.29 is 13.5 Å². The summed E-state index contributed by atoms with van der Waals surface area (Å²) in [5, 5.41) is 9.40. The lowest BCUT2D eigenvalue weighted by atomic mass is 10.3. The number of hydrogen-bond acceptors (Lipinski definition) is 4. The van der Waals surface area contributed by atoms with Crippen LogP contribution >= 0.6 is 11.8 Å². The van der Waals surface area contributed by atoms with Gasteiger partial charge in [0.05, 0.1) is 4.90 Å². The maximum Gasteiger partial charge on any atom is 0.242 e. The second-order valence-electron chi connectivity index (χ2n) is 4.36. The summed E-state index contributed by atoms with van der Waals surface area (Å²) >= 11 is 1.46. The Bertz CT molecular complexity index is 695. The fourth-order valence-electron chi connectivity index (χ4n) is 1.57. The lowest BCUT2D eigenvalue weighted by Crippen LogP contribution is -2.22. The zero-order valence-electron chi connectivity index (χ0n) is 11.1. The van der Waals surface area contributed by atoms with Gasteiger partial charge in [0.15, 0.2) is 0 Å². The lowest BCUT2D eigenvalue weighted by molar-refractivity contribution is 0.474. The third-order valence-corrected chi connectivity index (χ3v) is 5.48. The van der Waals surface area contributed by atoms with Crippen molar-refractivity contribution in [2.45, 2.75) is 14.7 Å². The summed E-state index contributed by atoms with van der Waals surface area (Å²) in [5.41, 5.74) is 0. The zero-order chi connectivity index (χ0) is 14.8. The van der Waals surface area contributed by atoms with Gasteiger partial charge in [0.2, 0.25) is 10.0 Å². The topological polar surface area (TPSA) is 57.6 Å². The van der Waals surface area contributed by atoms with Gasteiger partial charge in [-0.25, -0.2) is 12.7 Å². The molecule has 0 aliphatic rings. The second kappa shape index (κ2) is 5.87. The minimum absolute atomic E-state index is 0.210. The molecule has 0 aliphatic heterocycles. The van der Waals surface area contributed by atoms with E-state index < -0.39 is 10.0 Å². The van der Waals surface area contributed by atoms with E-state index in [4.69, 9.17) is 0 Å². The molecule has 0 aromatic heterocycles. The normalized spacial score (nSPS) is 11.8. The van der Waals surface area contributed by atoms with Gasteiger partial charge in [-0.1, -0.05) is 17.8 Å². The van der Waals surface area contributed by atoms with Gasteiger partial charge in [-0.05, 0) is 42.5 Å². The van der Waals surface area contributed by atoms with Crippen molar-refractivity contribution in [3.63, 3.8) is 0 Å². The van der Waals surface area contributed by atoms with Crippen LogP contribution in [0.4, 0.5) is 0 Å². The van der Waals surface area contributed by atoms with Gasteiger partial charge < -0.3 is 5.11 Å². The molecular weight excluding hydrogens is 294 g/mol. The molecule has 0 atom stereocenters. The van der Waals surface area contributed by atoms with Gasteiger partial charge in [0, 0.05) is 23.9 Å². The standard InChI is InChI=1S/C14H15NO3S2/c1-15(2)20(17,18)14-8-6-12(7-9-14)19-13-5-3-4-11(16)10-13/h3-10,16H,1-2H3. The third kappa shape index (κ3) is 3.33. The molecule has 0 saturated heterocycles. The first kappa shape index (κ1) is 14.9. The van der Waals surface area contributed by atoms with Crippen LogP contribution in [0.3, 0.4) is 0 Å². The molecule has 0 spiro atoms. The highest BCUT2D eigenvalue weighted by Crippen LogP contribution is 2.30. The van der Waals surface area contributed by atoms with Crippen LogP contribution in [0.15, 0.2) is 63.2 Å². The quantitative estimate of drug-likeness (QED) is 0.943. The maximum absolute atomic E-state index is 11.9. The minimum atomic E-state index is -3.39. The molecule has 6 heteroatoms. The first-order valence-electron chi connectivity index (χ1n) is 5.89. The number of aromatic hydroxyl groups is 1. The minimum Gasteiger partial charge on any atom is -0.508 e. The molecule has 0 saturated carbocycles. The molecule has 0 amide bonds. The van der Waals surface area contributed by atoms with Crippen molar-refractivity contribution in [3.05, 3.63) is 48.5 Å². The van der Waals surface area contributed by atoms with Crippen molar-refractivity contribution in [1.29, 1.82) is 0 Å². The number of phenolic OH excluding ortho intramolecular Hbond substituents is 1. The average Bonchev–Trinajstić information content (AvgIpc) is 2.39. The van der Waals surface area contributed by atoms with E-state index >= 15 is 0 Å². The summed E-state index contributed by atoms with van der Waals surface area (Å²) in [4.78, 5) is 2.07. The Morgan fingerprint density at radius 3 is 2.20 bits per heavy atom. The summed E-state index contributed by atoms with van der Waals surface area (Å²) in [5.74, 6) is 0.210. The van der Waals surface area contributed by atoms with E-state index in [9.17, 15) is 13.5 Å². The molecule has 0 unspecified atom stereocenters. The number of sulfonamides is 1. The SMILES string of the molecule is CN(C)S(=O)(=O)c1ccc(Sc2cccc(O)c2)cc1. The van der Waals surface area contributed by atoms with Gasteiger partial charge in [-0.3, -0.25) is 0 Å². The first-order chi connectivity index (χ1) is 9.39. The Morgan fingerprint density at radius 1 is 1.00 bits per heavy atom. The van der Waals surface area contributed by atoms with Crippen LogP contribution in [0.5, 0.6) is 5.75 Å². The van der Waals surface area contributed by atoms with Crippen molar-refractivity contribution in [3.8, 4) is 5.75 Å². The van der Waals surface area contributed by atoms with Gasteiger partial charge in [-0.2, -0.15) is 0 Å². The van der Waals surface area contributed by atoms with Crippen LogP contribution < -0.4 is 0 Å².